The van der Waals surface area contributed by atoms with Crippen LogP contribution in [0.15, 0.2) is 64.6 Å². The SMILES string of the molecule is N#C/C(=C\c1ccc(-c2ccc(C(=O)O)cc2)o1)C(=O)NCc1ccc2c(c1)OCO2. The summed E-state index contributed by atoms with van der Waals surface area (Å²) in [6, 6.07) is 16.7. The van der Waals surface area contributed by atoms with Gasteiger partial charge in [0.05, 0.1) is 5.56 Å². The molecule has 2 aromatic carbocycles. The number of nitrogens with one attached hydrogen (secondary N) is 1. The molecule has 0 atom stereocenters. The molecule has 0 bridgehead atoms. The molecule has 1 aromatic heterocycles. The number of ether oxygens (including phenoxy) is 2. The maximum absolute atomic E-state index is 12.4. The summed E-state index contributed by atoms with van der Waals surface area (Å²) in [5.74, 6) is 0.526. The number of carbonyl (C=O) groups excluding carboxylic acids is 1. The number of hydrogen-bond acceptors (Lipinski definition) is 6. The van der Waals surface area contributed by atoms with E-state index in [-0.39, 0.29) is 24.5 Å². The molecule has 4 rings (SSSR count). The predicted molar refractivity (Wildman–Crippen MR) is 109 cm³/mol. The van der Waals surface area contributed by atoms with E-state index in [1.807, 2.05) is 6.07 Å². The number of furan rings is 1. The number of fused-ring (bicyclic) bond motifs is 1. The van der Waals surface area contributed by atoms with Crippen LogP contribution in [-0.2, 0) is 11.3 Å². The fourth-order valence-corrected chi connectivity index (χ4v) is 2.98. The van der Waals surface area contributed by atoms with Gasteiger partial charge < -0.3 is 24.3 Å². The number of carboxylic acids is 1. The standard InChI is InChI=1S/C23H16N2O6/c24-11-17(22(26)25-12-14-1-7-20-21(9-14)30-13-29-20)10-18-6-8-19(31-18)15-2-4-16(5-3-15)23(27)28/h1-10H,12-13H2,(H,25,26)(H,27,28)/b17-10+. The summed E-state index contributed by atoms with van der Waals surface area (Å²) in [5.41, 5.74) is 1.54. The highest BCUT2D eigenvalue weighted by atomic mass is 16.7. The van der Waals surface area contributed by atoms with Crippen LogP contribution in [-0.4, -0.2) is 23.8 Å². The summed E-state index contributed by atoms with van der Waals surface area (Å²) in [7, 11) is 0. The van der Waals surface area contributed by atoms with Crippen molar-refractivity contribution < 1.29 is 28.6 Å². The molecule has 1 amide bonds. The van der Waals surface area contributed by atoms with Crippen molar-refractivity contribution in [2.24, 2.45) is 0 Å². The summed E-state index contributed by atoms with van der Waals surface area (Å²) in [4.78, 5) is 23.4. The minimum absolute atomic E-state index is 0.108. The number of aromatic carboxylic acids is 1. The van der Waals surface area contributed by atoms with Crippen molar-refractivity contribution in [2.75, 3.05) is 6.79 Å². The first-order valence-corrected chi connectivity index (χ1v) is 9.25. The van der Waals surface area contributed by atoms with E-state index in [1.54, 1.807) is 42.5 Å². The number of amides is 1. The van der Waals surface area contributed by atoms with E-state index in [4.69, 9.17) is 19.0 Å². The third-order valence-corrected chi connectivity index (χ3v) is 4.58. The van der Waals surface area contributed by atoms with Crippen LogP contribution in [0, 0.1) is 11.3 Å². The highest BCUT2D eigenvalue weighted by Crippen LogP contribution is 2.32. The molecule has 3 aromatic rings. The zero-order valence-electron chi connectivity index (χ0n) is 16.1. The Kier molecular flexibility index (Phi) is 5.41. The largest absolute Gasteiger partial charge is 0.478 e. The average Bonchev–Trinajstić information content (AvgIpc) is 3.45. The zero-order chi connectivity index (χ0) is 21.8. The van der Waals surface area contributed by atoms with Crippen LogP contribution < -0.4 is 14.8 Å². The predicted octanol–water partition coefficient (Wildman–Crippen LogP) is 3.60. The molecule has 0 spiro atoms. The summed E-state index contributed by atoms with van der Waals surface area (Å²) in [5, 5.41) is 21.0. The average molecular weight is 416 g/mol. The third kappa shape index (κ3) is 4.41. The van der Waals surface area contributed by atoms with E-state index in [2.05, 4.69) is 5.32 Å². The summed E-state index contributed by atoms with van der Waals surface area (Å²) in [6.45, 7) is 0.384. The molecular weight excluding hydrogens is 400 g/mol. The van der Waals surface area contributed by atoms with Gasteiger partial charge in [-0.05, 0) is 42.0 Å². The molecule has 0 radical (unpaired) electrons. The number of carbonyl (C=O) groups is 2. The molecule has 0 aliphatic carbocycles. The van der Waals surface area contributed by atoms with Crippen molar-refractivity contribution in [1.82, 2.24) is 5.32 Å². The van der Waals surface area contributed by atoms with Crippen molar-refractivity contribution in [3.05, 3.63) is 77.1 Å². The van der Waals surface area contributed by atoms with Gasteiger partial charge in [-0.2, -0.15) is 5.26 Å². The van der Waals surface area contributed by atoms with Gasteiger partial charge in [0.15, 0.2) is 11.5 Å². The Hall–Kier alpha value is -4.51. The summed E-state index contributed by atoms with van der Waals surface area (Å²) in [6.07, 6.45) is 1.35. The van der Waals surface area contributed by atoms with Crippen LogP contribution in [0.2, 0.25) is 0 Å². The molecule has 0 saturated carbocycles. The Morgan fingerprint density at radius 2 is 1.84 bits per heavy atom. The van der Waals surface area contributed by atoms with Crippen molar-refractivity contribution in [3.8, 4) is 28.9 Å². The van der Waals surface area contributed by atoms with Crippen molar-refractivity contribution in [3.63, 3.8) is 0 Å². The molecule has 1 aliphatic heterocycles. The molecule has 0 fully saturated rings. The first kappa shape index (κ1) is 19.8. The monoisotopic (exact) mass is 416 g/mol. The molecule has 154 valence electrons. The lowest BCUT2D eigenvalue weighted by atomic mass is 10.1. The van der Waals surface area contributed by atoms with Crippen molar-refractivity contribution in [1.29, 1.82) is 5.26 Å². The lowest BCUT2D eigenvalue weighted by Crippen LogP contribution is -2.23. The van der Waals surface area contributed by atoms with Gasteiger partial charge >= 0.3 is 5.97 Å². The van der Waals surface area contributed by atoms with Gasteiger partial charge in [0.25, 0.3) is 5.91 Å². The van der Waals surface area contributed by atoms with E-state index in [0.717, 1.165) is 5.56 Å². The van der Waals surface area contributed by atoms with Crippen LogP contribution in [0.25, 0.3) is 17.4 Å². The first-order valence-electron chi connectivity index (χ1n) is 9.25. The van der Waals surface area contributed by atoms with Crippen LogP contribution in [0.3, 0.4) is 0 Å². The molecule has 31 heavy (non-hydrogen) atoms. The Morgan fingerprint density at radius 1 is 1.06 bits per heavy atom. The molecule has 0 saturated heterocycles. The third-order valence-electron chi connectivity index (χ3n) is 4.58. The van der Waals surface area contributed by atoms with Crippen molar-refractivity contribution >= 4 is 18.0 Å². The van der Waals surface area contributed by atoms with Gasteiger partial charge in [0.1, 0.15) is 23.2 Å². The lowest BCUT2D eigenvalue weighted by molar-refractivity contribution is -0.117. The van der Waals surface area contributed by atoms with E-state index in [9.17, 15) is 14.9 Å². The topological polar surface area (TPSA) is 122 Å². The van der Waals surface area contributed by atoms with Gasteiger partial charge in [-0.1, -0.05) is 18.2 Å². The highest BCUT2D eigenvalue weighted by molar-refractivity contribution is 6.01. The highest BCUT2D eigenvalue weighted by Gasteiger charge is 2.15. The minimum atomic E-state index is -1.01. The van der Waals surface area contributed by atoms with Crippen molar-refractivity contribution in [2.45, 2.75) is 6.54 Å². The smallest absolute Gasteiger partial charge is 0.335 e. The Bertz CT molecular complexity index is 1220. The maximum Gasteiger partial charge on any atom is 0.335 e. The summed E-state index contributed by atoms with van der Waals surface area (Å²) < 4.78 is 16.2. The van der Waals surface area contributed by atoms with Crippen LogP contribution in [0.1, 0.15) is 21.7 Å². The molecule has 8 heteroatoms. The summed E-state index contributed by atoms with van der Waals surface area (Å²) >= 11 is 0. The quantitative estimate of drug-likeness (QED) is 0.465. The van der Waals surface area contributed by atoms with E-state index in [0.29, 0.717) is 28.6 Å². The van der Waals surface area contributed by atoms with E-state index in [1.165, 1.54) is 18.2 Å². The number of nitrogens with zero attached hydrogens (tertiary/aromatic N) is 1. The molecule has 0 unspecified atom stereocenters. The lowest BCUT2D eigenvalue weighted by Gasteiger charge is -2.05. The molecule has 2 heterocycles. The van der Waals surface area contributed by atoms with Crippen LogP contribution >= 0.6 is 0 Å². The number of hydrogen-bond donors (Lipinski definition) is 2. The fourth-order valence-electron chi connectivity index (χ4n) is 2.98. The van der Waals surface area contributed by atoms with E-state index >= 15 is 0 Å². The molecule has 8 nitrogen and oxygen atoms in total. The normalized spacial score (nSPS) is 12.3. The minimum Gasteiger partial charge on any atom is -0.478 e. The Morgan fingerprint density at radius 3 is 2.58 bits per heavy atom. The van der Waals surface area contributed by atoms with Crippen LogP contribution in [0.5, 0.6) is 11.5 Å². The second-order valence-corrected chi connectivity index (χ2v) is 6.62. The van der Waals surface area contributed by atoms with Gasteiger partial charge in [-0.15, -0.1) is 0 Å². The number of nitriles is 1. The maximum atomic E-state index is 12.4. The second-order valence-electron chi connectivity index (χ2n) is 6.62. The Labute approximate surface area is 176 Å². The van der Waals surface area contributed by atoms with Gasteiger partial charge in [-0.25, -0.2) is 4.79 Å². The molecule has 2 N–H and O–H groups in total. The zero-order valence-corrected chi connectivity index (χ0v) is 16.1. The van der Waals surface area contributed by atoms with Gasteiger partial charge in [-0.3, -0.25) is 4.79 Å². The number of rotatable bonds is 6. The number of benzene rings is 2. The van der Waals surface area contributed by atoms with E-state index < -0.39 is 11.9 Å². The number of carboxylic acid groups (broad SMARTS) is 1. The van der Waals surface area contributed by atoms with Crippen LogP contribution in [0.4, 0.5) is 0 Å². The first-order chi connectivity index (χ1) is 15.0. The second kappa shape index (κ2) is 8.47. The van der Waals surface area contributed by atoms with Gasteiger partial charge in [0, 0.05) is 18.2 Å². The Balaban J connectivity index is 1.43. The fraction of sp³-hybridized carbons (Fsp3) is 0.0870. The van der Waals surface area contributed by atoms with Gasteiger partial charge in [0.2, 0.25) is 6.79 Å². The molecular formula is C23H16N2O6. The molecule has 1 aliphatic rings.